The third kappa shape index (κ3) is 3.61. The third-order valence-electron chi connectivity index (χ3n) is 3.23. The van der Waals surface area contributed by atoms with Gasteiger partial charge in [0.2, 0.25) is 0 Å². The number of hydrogen-bond donors (Lipinski definition) is 1. The van der Waals surface area contributed by atoms with Gasteiger partial charge >= 0.3 is 0 Å². The summed E-state index contributed by atoms with van der Waals surface area (Å²) in [6.45, 7) is 7.80. The minimum Gasteiger partial charge on any atom is -0.397 e. The smallest absolute Gasteiger partial charge is 0.0772 e. The Balaban J connectivity index is 1.98. The van der Waals surface area contributed by atoms with Crippen LogP contribution in [0.25, 0.3) is 0 Å². The molecule has 0 atom stereocenters. The van der Waals surface area contributed by atoms with E-state index in [4.69, 9.17) is 5.73 Å². The molecule has 94 valence electrons. The summed E-state index contributed by atoms with van der Waals surface area (Å²) in [5.41, 5.74) is 7.76. The summed E-state index contributed by atoms with van der Waals surface area (Å²) >= 11 is 2.07. The van der Waals surface area contributed by atoms with Crippen LogP contribution in [-0.2, 0) is 6.54 Å². The molecule has 3 nitrogen and oxygen atoms in total. The van der Waals surface area contributed by atoms with Crippen LogP contribution in [0, 0.1) is 0 Å². The molecule has 2 rings (SSSR count). The van der Waals surface area contributed by atoms with Crippen LogP contribution in [0.1, 0.15) is 26.0 Å². The van der Waals surface area contributed by atoms with E-state index in [2.05, 4.69) is 35.5 Å². The molecule has 0 bridgehead atoms. The van der Waals surface area contributed by atoms with Gasteiger partial charge in [-0.1, -0.05) is 13.8 Å². The minimum absolute atomic E-state index is 0.407. The highest BCUT2D eigenvalue weighted by molar-refractivity contribution is 8.00. The molecule has 0 radical (unpaired) electrons. The molecule has 1 aliphatic rings. The Morgan fingerprint density at radius 1 is 1.47 bits per heavy atom. The first-order valence-corrected chi connectivity index (χ1v) is 7.11. The molecule has 1 saturated heterocycles. The molecule has 2 N–H and O–H groups in total. The van der Waals surface area contributed by atoms with Crippen LogP contribution < -0.4 is 5.73 Å². The maximum Gasteiger partial charge on any atom is 0.0772 e. The van der Waals surface area contributed by atoms with E-state index in [9.17, 15) is 0 Å². The molecule has 17 heavy (non-hydrogen) atoms. The zero-order valence-electron chi connectivity index (χ0n) is 10.6. The average molecular weight is 251 g/mol. The Bertz CT molecular complexity index is 379. The average Bonchev–Trinajstić information content (AvgIpc) is 2.44. The van der Waals surface area contributed by atoms with Crippen LogP contribution in [-0.4, -0.2) is 33.5 Å². The van der Waals surface area contributed by atoms with Gasteiger partial charge in [-0.15, -0.1) is 0 Å². The van der Waals surface area contributed by atoms with Crippen LogP contribution in [0.5, 0.6) is 0 Å². The quantitative estimate of drug-likeness (QED) is 0.876. The van der Waals surface area contributed by atoms with Gasteiger partial charge in [-0.25, -0.2) is 0 Å². The lowest BCUT2D eigenvalue weighted by Crippen LogP contribution is -2.27. The minimum atomic E-state index is 0.407. The fourth-order valence-corrected chi connectivity index (χ4v) is 3.15. The van der Waals surface area contributed by atoms with Gasteiger partial charge in [-0.05, 0) is 25.1 Å². The molecule has 2 heterocycles. The monoisotopic (exact) mass is 251 g/mol. The van der Waals surface area contributed by atoms with Gasteiger partial charge in [-0.2, -0.15) is 11.8 Å². The van der Waals surface area contributed by atoms with Crippen LogP contribution in [0.15, 0.2) is 18.3 Å². The molecule has 0 spiro atoms. The van der Waals surface area contributed by atoms with Crippen molar-refractivity contribution in [3.63, 3.8) is 0 Å². The molecule has 0 amide bonds. The number of nitrogens with zero attached hydrogens (tertiary/aromatic N) is 2. The Kier molecular flexibility index (Phi) is 3.94. The molecule has 1 aliphatic heterocycles. The molecule has 1 fully saturated rings. The van der Waals surface area contributed by atoms with Crippen molar-refractivity contribution >= 4 is 17.4 Å². The van der Waals surface area contributed by atoms with Crippen molar-refractivity contribution in [2.24, 2.45) is 0 Å². The van der Waals surface area contributed by atoms with Gasteiger partial charge in [0.25, 0.3) is 0 Å². The van der Waals surface area contributed by atoms with Crippen molar-refractivity contribution in [3.05, 3.63) is 24.0 Å². The molecule has 0 aromatic carbocycles. The lowest BCUT2D eigenvalue weighted by molar-refractivity contribution is 0.274. The Labute approximate surface area is 108 Å². The van der Waals surface area contributed by atoms with E-state index in [0.717, 1.165) is 31.0 Å². The highest BCUT2D eigenvalue weighted by atomic mass is 32.2. The standard InChI is InChI=1S/C13H21N3S/c1-13(2)5-7-16(8-9-17-13)10-12-11(14)4-3-6-15-12/h3-4,6H,5,7-10,14H2,1-2H3. The second-order valence-corrected chi connectivity index (χ2v) is 6.98. The second-order valence-electron chi connectivity index (χ2n) is 5.17. The van der Waals surface area contributed by atoms with E-state index in [1.165, 1.54) is 12.2 Å². The Hall–Kier alpha value is -0.740. The number of thioether (sulfide) groups is 1. The SMILES string of the molecule is CC1(C)CCN(Cc2ncccc2N)CCS1. The largest absolute Gasteiger partial charge is 0.397 e. The lowest BCUT2D eigenvalue weighted by atomic mass is 10.1. The van der Waals surface area contributed by atoms with Crippen LogP contribution in [0.2, 0.25) is 0 Å². The van der Waals surface area contributed by atoms with E-state index in [1.54, 1.807) is 0 Å². The van der Waals surface area contributed by atoms with Gasteiger partial charge in [0, 0.05) is 29.8 Å². The van der Waals surface area contributed by atoms with E-state index >= 15 is 0 Å². The molecule has 0 aliphatic carbocycles. The zero-order valence-corrected chi connectivity index (χ0v) is 11.5. The second kappa shape index (κ2) is 5.27. The van der Waals surface area contributed by atoms with Gasteiger partial charge in [-0.3, -0.25) is 9.88 Å². The first-order chi connectivity index (χ1) is 8.07. The van der Waals surface area contributed by atoms with Crippen LogP contribution in [0.4, 0.5) is 5.69 Å². The molecule has 0 saturated carbocycles. The van der Waals surface area contributed by atoms with Gasteiger partial charge < -0.3 is 5.73 Å². The summed E-state index contributed by atoms with van der Waals surface area (Å²) in [6.07, 6.45) is 3.05. The third-order valence-corrected chi connectivity index (χ3v) is 4.60. The molecule has 1 aromatic rings. The molecule has 1 aromatic heterocycles. The van der Waals surface area contributed by atoms with Crippen LogP contribution in [0.3, 0.4) is 0 Å². The Morgan fingerprint density at radius 2 is 2.29 bits per heavy atom. The van der Waals surface area contributed by atoms with Gasteiger partial charge in [0.15, 0.2) is 0 Å². The maximum absolute atomic E-state index is 5.94. The molecule has 0 unspecified atom stereocenters. The van der Waals surface area contributed by atoms with Crippen molar-refractivity contribution in [1.82, 2.24) is 9.88 Å². The van der Waals surface area contributed by atoms with Crippen molar-refractivity contribution < 1.29 is 0 Å². The van der Waals surface area contributed by atoms with E-state index in [-0.39, 0.29) is 0 Å². The summed E-state index contributed by atoms with van der Waals surface area (Å²) in [7, 11) is 0. The Morgan fingerprint density at radius 3 is 3.06 bits per heavy atom. The van der Waals surface area contributed by atoms with E-state index in [1.807, 2.05) is 18.3 Å². The molecular weight excluding hydrogens is 230 g/mol. The number of pyridine rings is 1. The predicted molar refractivity (Wildman–Crippen MR) is 75.1 cm³/mol. The van der Waals surface area contributed by atoms with Crippen molar-refractivity contribution in [2.45, 2.75) is 31.6 Å². The number of hydrogen-bond acceptors (Lipinski definition) is 4. The van der Waals surface area contributed by atoms with Crippen LogP contribution >= 0.6 is 11.8 Å². The number of nitrogens with two attached hydrogens (primary N) is 1. The van der Waals surface area contributed by atoms with Crippen molar-refractivity contribution in [2.75, 3.05) is 24.6 Å². The molecule has 4 heteroatoms. The highest BCUT2D eigenvalue weighted by Crippen LogP contribution is 2.31. The van der Waals surface area contributed by atoms with Gasteiger partial charge in [0.1, 0.15) is 0 Å². The fraction of sp³-hybridized carbons (Fsp3) is 0.615. The number of anilines is 1. The highest BCUT2D eigenvalue weighted by Gasteiger charge is 2.23. The molecular formula is C13H21N3S. The lowest BCUT2D eigenvalue weighted by Gasteiger charge is -2.22. The first kappa shape index (κ1) is 12.7. The number of rotatable bonds is 2. The van der Waals surface area contributed by atoms with E-state index in [0.29, 0.717) is 4.75 Å². The fourth-order valence-electron chi connectivity index (χ4n) is 2.01. The predicted octanol–water partition coefficient (Wildman–Crippen LogP) is 2.38. The van der Waals surface area contributed by atoms with Crippen molar-refractivity contribution in [1.29, 1.82) is 0 Å². The number of nitrogen functional groups attached to an aromatic ring is 1. The zero-order chi connectivity index (χ0) is 12.3. The summed E-state index contributed by atoms with van der Waals surface area (Å²) in [4.78, 5) is 6.82. The summed E-state index contributed by atoms with van der Waals surface area (Å²) in [5, 5.41) is 0. The normalized spacial score (nSPS) is 21.1. The summed E-state index contributed by atoms with van der Waals surface area (Å²) in [5.74, 6) is 1.19. The van der Waals surface area contributed by atoms with Gasteiger partial charge in [0.05, 0.1) is 11.4 Å². The summed E-state index contributed by atoms with van der Waals surface area (Å²) < 4.78 is 0.407. The summed E-state index contributed by atoms with van der Waals surface area (Å²) in [6, 6.07) is 3.82. The van der Waals surface area contributed by atoms with E-state index < -0.39 is 0 Å². The first-order valence-electron chi connectivity index (χ1n) is 6.12. The number of aromatic nitrogens is 1. The topological polar surface area (TPSA) is 42.2 Å². The van der Waals surface area contributed by atoms with Crippen molar-refractivity contribution in [3.8, 4) is 0 Å². The maximum atomic E-state index is 5.94.